The van der Waals surface area contributed by atoms with E-state index < -0.39 is 0 Å². The highest BCUT2D eigenvalue weighted by atomic mass is 16.5. The van der Waals surface area contributed by atoms with Crippen LogP contribution in [0.4, 0.5) is 0 Å². The van der Waals surface area contributed by atoms with Gasteiger partial charge in [0.05, 0.1) is 13.2 Å². The van der Waals surface area contributed by atoms with Gasteiger partial charge in [-0.05, 0) is 20.0 Å². The van der Waals surface area contributed by atoms with Gasteiger partial charge in [-0.1, -0.05) is 17.7 Å². The van der Waals surface area contributed by atoms with Gasteiger partial charge in [0.2, 0.25) is 0 Å². The molecule has 1 heterocycles. The molecule has 0 unspecified atom stereocenters. The van der Waals surface area contributed by atoms with Crippen LogP contribution in [0.3, 0.4) is 0 Å². The van der Waals surface area contributed by atoms with E-state index in [0.29, 0.717) is 26.3 Å². The second-order valence-corrected chi connectivity index (χ2v) is 4.92. The highest BCUT2D eigenvalue weighted by Crippen LogP contribution is 2.20. The lowest BCUT2D eigenvalue weighted by molar-refractivity contribution is -0.137. The number of nitrogens with one attached hydrogen (secondary N) is 1. The highest BCUT2D eigenvalue weighted by Gasteiger charge is 2.17. The Labute approximate surface area is 119 Å². The monoisotopic (exact) mass is 278 g/mol. The van der Waals surface area contributed by atoms with Crippen LogP contribution < -0.4 is 10.1 Å². The lowest BCUT2D eigenvalue weighted by Gasteiger charge is -2.26. The molecule has 0 saturated carbocycles. The minimum atomic E-state index is 0.0179. The largest absolute Gasteiger partial charge is 0.483 e. The van der Waals surface area contributed by atoms with Crippen LogP contribution in [0.25, 0.3) is 0 Å². The van der Waals surface area contributed by atoms with Gasteiger partial charge in [-0.15, -0.1) is 0 Å². The fraction of sp³-hybridized carbons (Fsp3) is 0.533. The van der Waals surface area contributed by atoms with E-state index in [-0.39, 0.29) is 12.5 Å². The number of morpholine rings is 1. The summed E-state index contributed by atoms with van der Waals surface area (Å²) >= 11 is 0. The summed E-state index contributed by atoms with van der Waals surface area (Å²) in [6.07, 6.45) is 0. The van der Waals surface area contributed by atoms with Crippen LogP contribution in [-0.4, -0.2) is 50.8 Å². The fourth-order valence-corrected chi connectivity index (χ4v) is 2.22. The van der Waals surface area contributed by atoms with Crippen LogP contribution in [0, 0.1) is 6.92 Å². The molecule has 5 nitrogen and oxygen atoms in total. The van der Waals surface area contributed by atoms with Crippen molar-refractivity contribution < 1.29 is 14.3 Å². The number of rotatable bonds is 5. The molecule has 0 aliphatic carbocycles. The average molecular weight is 278 g/mol. The molecular weight excluding hydrogens is 256 g/mol. The molecule has 1 fully saturated rings. The van der Waals surface area contributed by atoms with E-state index in [2.05, 4.69) is 11.4 Å². The van der Waals surface area contributed by atoms with Gasteiger partial charge in [-0.2, -0.15) is 0 Å². The first-order valence-corrected chi connectivity index (χ1v) is 6.93. The summed E-state index contributed by atoms with van der Waals surface area (Å²) in [5, 5.41) is 3.11. The van der Waals surface area contributed by atoms with Crippen molar-refractivity contribution in [1.82, 2.24) is 10.2 Å². The first-order valence-electron chi connectivity index (χ1n) is 6.93. The van der Waals surface area contributed by atoms with Crippen molar-refractivity contribution in [2.24, 2.45) is 0 Å². The molecule has 0 atom stereocenters. The second kappa shape index (κ2) is 7.26. The molecule has 1 aliphatic heterocycles. The van der Waals surface area contributed by atoms with E-state index >= 15 is 0 Å². The maximum atomic E-state index is 12.0. The molecule has 1 saturated heterocycles. The summed E-state index contributed by atoms with van der Waals surface area (Å²) in [6.45, 7) is 5.38. The number of aryl methyl sites for hydroxylation is 1. The first kappa shape index (κ1) is 14.8. The Morgan fingerprint density at radius 1 is 1.40 bits per heavy atom. The number of ether oxygens (including phenoxy) is 2. The van der Waals surface area contributed by atoms with E-state index in [0.717, 1.165) is 17.9 Å². The molecule has 0 aromatic heterocycles. The Kier molecular flexibility index (Phi) is 5.38. The molecule has 0 radical (unpaired) electrons. The van der Waals surface area contributed by atoms with E-state index in [1.54, 1.807) is 4.90 Å². The minimum absolute atomic E-state index is 0.0179. The smallest absolute Gasteiger partial charge is 0.260 e. The summed E-state index contributed by atoms with van der Waals surface area (Å²) in [6, 6.07) is 5.99. The summed E-state index contributed by atoms with van der Waals surface area (Å²) in [7, 11) is 1.89. The molecule has 0 spiro atoms. The molecule has 1 amide bonds. The molecule has 0 bridgehead atoms. The van der Waals surface area contributed by atoms with E-state index in [4.69, 9.17) is 9.47 Å². The standard InChI is InChI=1S/C15H22N2O3/c1-12-3-4-14(13(9-12)10-16-2)20-11-15(18)17-5-7-19-8-6-17/h3-4,9,16H,5-8,10-11H2,1-2H3. The van der Waals surface area contributed by atoms with Gasteiger partial charge in [0, 0.05) is 25.2 Å². The predicted octanol–water partition coefficient (Wildman–Crippen LogP) is 0.952. The van der Waals surface area contributed by atoms with Gasteiger partial charge in [0.25, 0.3) is 5.91 Å². The molecule has 20 heavy (non-hydrogen) atoms. The molecule has 1 N–H and O–H groups in total. The van der Waals surface area contributed by atoms with Gasteiger partial charge in [0.15, 0.2) is 6.61 Å². The average Bonchev–Trinajstić information content (AvgIpc) is 2.47. The fourth-order valence-electron chi connectivity index (χ4n) is 2.22. The number of amides is 1. The number of hydrogen-bond acceptors (Lipinski definition) is 4. The maximum Gasteiger partial charge on any atom is 0.260 e. The first-order chi connectivity index (χ1) is 9.70. The summed E-state index contributed by atoms with van der Waals surface area (Å²) in [5.74, 6) is 0.788. The molecular formula is C15H22N2O3. The number of hydrogen-bond donors (Lipinski definition) is 1. The Morgan fingerprint density at radius 3 is 2.85 bits per heavy atom. The topological polar surface area (TPSA) is 50.8 Å². The van der Waals surface area contributed by atoms with E-state index in [1.807, 2.05) is 26.1 Å². The molecule has 1 aliphatic rings. The molecule has 2 rings (SSSR count). The van der Waals surface area contributed by atoms with Crippen molar-refractivity contribution in [2.75, 3.05) is 40.0 Å². The van der Waals surface area contributed by atoms with Gasteiger partial charge < -0.3 is 19.7 Å². The Bertz CT molecular complexity index is 456. The van der Waals surface area contributed by atoms with Gasteiger partial charge in [-0.25, -0.2) is 0 Å². The van der Waals surface area contributed by atoms with Gasteiger partial charge in [0.1, 0.15) is 5.75 Å². The van der Waals surface area contributed by atoms with Gasteiger partial charge >= 0.3 is 0 Å². The number of carbonyl (C=O) groups excluding carboxylic acids is 1. The molecule has 110 valence electrons. The van der Waals surface area contributed by atoms with Crippen molar-refractivity contribution in [1.29, 1.82) is 0 Å². The second-order valence-electron chi connectivity index (χ2n) is 4.92. The number of benzene rings is 1. The van der Waals surface area contributed by atoms with Crippen LogP contribution in [0.1, 0.15) is 11.1 Å². The van der Waals surface area contributed by atoms with E-state index in [9.17, 15) is 4.79 Å². The summed E-state index contributed by atoms with van der Waals surface area (Å²) in [4.78, 5) is 13.8. The highest BCUT2D eigenvalue weighted by molar-refractivity contribution is 5.77. The van der Waals surface area contributed by atoms with Crippen LogP contribution >= 0.6 is 0 Å². The normalized spacial score (nSPS) is 15.2. The lowest BCUT2D eigenvalue weighted by atomic mass is 10.1. The maximum absolute atomic E-state index is 12.0. The van der Waals surface area contributed by atoms with Crippen molar-refractivity contribution in [2.45, 2.75) is 13.5 Å². The van der Waals surface area contributed by atoms with Crippen molar-refractivity contribution in [3.05, 3.63) is 29.3 Å². The van der Waals surface area contributed by atoms with Crippen molar-refractivity contribution in [3.63, 3.8) is 0 Å². The van der Waals surface area contributed by atoms with Crippen LogP contribution in [0.5, 0.6) is 5.75 Å². The Balaban J connectivity index is 1.94. The number of nitrogens with zero attached hydrogens (tertiary/aromatic N) is 1. The quantitative estimate of drug-likeness (QED) is 0.871. The molecule has 1 aromatic carbocycles. The Hall–Kier alpha value is -1.59. The molecule has 1 aromatic rings. The third-order valence-electron chi connectivity index (χ3n) is 3.30. The zero-order valence-electron chi connectivity index (χ0n) is 12.1. The zero-order chi connectivity index (χ0) is 14.4. The van der Waals surface area contributed by atoms with Crippen LogP contribution in [0.2, 0.25) is 0 Å². The van der Waals surface area contributed by atoms with E-state index in [1.165, 1.54) is 5.56 Å². The van der Waals surface area contributed by atoms with Crippen molar-refractivity contribution >= 4 is 5.91 Å². The van der Waals surface area contributed by atoms with Crippen LogP contribution in [-0.2, 0) is 16.1 Å². The molecule has 5 heteroatoms. The summed E-state index contributed by atoms with van der Waals surface area (Å²) < 4.78 is 10.9. The predicted molar refractivity (Wildman–Crippen MR) is 76.8 cm³/mol. The zero-order valence-corrected chi connectivity index (χ0v) is 12.1. The van der Waals surface area contributed by atoms with Crippen LogP contribution in [0.15, 0.2) is 18.2 Å². The lowest BCUT2D eigenvalue weighted by Crippen LogP contribution is -2.43. The Morgan fingerprint density at radius 2 is 2.15 bits per heavy atom. The minimum Gasteiger partial charge on any atom is -0.483 e. The number of carbonyl (C=O) groups is 1. The third kappa shape index (κ3) is 3.95. The SMILES string of the molecule is CNCc1cc(C)ccc1OCC(=O)N1CCOCC1. The third-order valence-corrected chi connectivity index (χ3v) is 3.30. The van der Waals surface area contributed by atoms with Crippen molar-refractivity contribution in [3.8, 4) is 5.75 Å². The van der Waals surface area contributed by atoms with Gasteiger partial charge in [-0.3, -0.25) is 4.79 Å². The summed E-state index contributed by atoms with van der Waals surface area (Å²) in [5.41, 5.74) is 2.25.